The smallest absolute Gasteiger partial charge is 0.272 e. The molecule has 1 aromatic rings. The van der Waals surface area contributed by atoms with E-state index in [0.717, 1.165) is 18.2 Å². The zero-order valence-corrected chi connectivity index (χ0v) is 11.8. The molecule has 6 nitrogen and oxygen atoms in total. The molecule has 114 valence electrons. The molecule has 1 N–H and O–H groups in total. The molecule has 1 fully saturated rings. The predicted molar refractivity (Wildman–Crippen MR) is 76.0 cm³/mol. The van der Waals surface area contributed by atoms with Crippen molar-refractivity contribution in [3.8, 4) is 0 Å². The Kier molecular flexibility index (Phi) is 4.85. The van der Waals surface area contributed by atoms with Crippen LogP contribution >= 0.6 is 0 Å². The summed E-state index contributed by atoms with van der Waals surface area (Å²) in [5, 5.41) is 23.0. The Labute approximate surface area is 122 Å². The summed E-state index contributed by atoms with van der Waals surface area (Å²) in [6, 6.07) is 3.65. The highest BCUT2D eigenvalue weighted by Gasteiger charge is 2.25. The van der Waals surface area contributed by atoms with Crippen molar-refractivity contribution in [2.75, 3.05) is 13.1 Å². The van der Waals surface area contributed by atoms with Gasteiger partial charge in [-0.05, 0) is 18.1 Å². The van der Waals surface area contributed by atoms with E-state index in [1.54, 1.807) is 0 Å². The van der Waals surface area contributed by atoms with E-state index < -0.39 is 10.7 Å². The monoisotopic (exact) mass is 295 g/mol. The zero-order valence-electron chi connectivity index (χ0n) is 11.8. The van der Waals surface area contributed by atoms with Gasteiger partial charge in [0.05, 0.1) is 16.7 Å². The third kappa shape index (κ3) is 3.75. The van der Waals surface area contributed by atoms with Gasteiger partial charge in [0.2, 0.25) is 0 Å². The van der Waals surface area contributed by atoms with E-state index in [9.17, 15) is 14.5 Å². The van der Waals surface area contributed by atoms with Gasteiger partial charge in [-0.2, -0.15) is 0 Å². The van der Waals surface area contributed by atoms with Crippen LogP contribution in [0.25, 0.3) is 0 Å². The van der Waals surface area contributed by atoms with Crippen LogP contribution in [-0.4, -0.2) is 33.8 Å². The third-order valence-corrected chi connectivity index (χ3v) is 3.81. The number of benzene rings is 1. The molecule has 1 saturated heterocycles. The summed E-state index contributed by atoms with van der Waals surface area (Å²) in [4.78, 5) is 12.3. The van der Waals surface area contributed by atoms with Crippen LogP contribution in [0.15, 0.2) is 23.4 Å². The van der Waals surface area contributed by atoms with Gasteiger partial charge >= 0.3 is 0 Å². The summed E-state index contributed by atoms with van der Waals surface area (Å²) in [6.45, 7) is 3.88. The van der Waals surface area contributed by atoms with Crippen LogP contribution in [0.3, 0.4) is 0 Å². The summed E-state index contributed by atoms with van der Waals surface area (Å²) in [7, 11) is 0. The predicted octanol–water partition coefficient (Wildman–Crippen LogP) is 2.80. The van der Waals surface area contributed by atoms with Crippen LogP contribution in [-0.2, 0) is 6.54 Å². The van der Waals surface area contributed by atoms with Gasteiger partial charge in [0.1, 0.15) is 5.82 Å². The Bertz CT molecular complexity index is 562. The van der Waals surface area contributed by atoms with E-state index in [1.807, 2.05) is 6.92 Å². The van der Waals surface area contributed by atoms with Crippen molar-refractivity contribution in [2.24, 2.45) is 11.1 Å². The number of hydrogen-bond acceptors (Lipinski definition) is 5. The summed E-state index contributed by atoms with van der Waals surface area (Å²) in [5.74, 6) is -0.423. The first-order valence-corrected chi connectivity index (χ1v) is 6.90. The van der Waals surface area contributed by atoms with Crippen molar-refractivity contribution in [3.63, 3.8) is 0 Å². The number of likely N-dealkylation sites (tertiary alicyclic amines) is 1. The fourth-order valence-corrected chi connectivity index (χ4v) is 2.71. The van der Waals surface area contributed by atoms with Gasteiger partial charge in [-0.1, -0.05) is 12.1 Å². The van der Waals surface area contributed by atoms with E-state index in [1.165, 1.54) is 12.1 Å². The van der Waals surface area contributed by atoms with Crippen molar-refractivity contribution in [3.05, 3.63) is 39.7 Å². The van der Waals surface area contributed by atoms with Crippen molar-refractivity contribution in [1.82, 2.24) is 4.90 Å². The molecule has 1 aliphatic heterocycles. The Morgan fingerprint density at radius 1 is 1.52 bits per heavy atom. The van der Waals surface area contributed by atoms with E-state index >= 15 is 0 Å². The maximum absolute atomic E-state index is 13.4. The lowest BCUT2D eigenvalue weighted by atomic mass is 9.93. The van der Waals surface area contributed by atoms with Crippen molar-refractivity contribution in [2.45, 2.75) is 26.3 Å². The molecule has 1 heterocycles. The maximum Gasteiger partial charge on any atom is 0.272 e. The zero-order chi connectivity index (χ0) is 15.4. The second kappa shape index (κ2) is 6.62. The van der Waals surface area contributed by atoms with Crippen LogP contribution < -0.4 is 0 Å². The lowest BCUT2D eigenvalue weighted by Gasteiger charge is -2.32. The minimum atomic E-state index is -0.596. The average molecular weight is 295 g/mol. The normalized spacial score (nSPS) is 21.6. The van der Waals surface area contributed by atoms with Crippen LogP contribution in [0.5, 0.6) is 0 Å². The number of halogens is 1. The summed E-state index contributed by atoms with van der Waals surface area (Å²) in [5.41, 5.74) is 1.14. The minimum absolute atomic E-state index is 0.173. The largest absolute Gasteiger partial charge is 0.411 e. The minimum Gasteiger partial charge on any atom is -0.411 e. The first-order valence-electron chi connectivity index (χ1n) is 6.90. The van der Waals surface area contributed by atoms with Crippen LogP contribution in [0.4, 0.5) is 10.1 Å². The third-order valence-electron chi connectivity index (χ3n) is 3.81. The number of rotatable bonds is 4. The Balaban J connectivity index is 2.10. The van der Waals surface area contributed by atoms with Gasteiger partial charge in [0.15, 0.2) is 0 Å². The number of oxime groups is 1. The lowest BCUT2D eigenvalue weighted by Crippen LogP contribution is -2.40. The fourth-order valence-electron chi connectivity index (χ4n) is 2.71. The molecule has 0 bridgehead atoms. The van der Waals surface area contributed by atoms with Crippen LogP contribution in [0.1, 0.15) is 25.3 Å². The topological polar surface area (TPSA) is 79.0 Å². The standard InChI is InChI=1S/C14H18FN3O3/c1-2-11-9-17(4-3-14(11)16-19)8-10-5-12(15)7-13(6-10)18(20)21/h5-7,11,19H,2-4,8-9H2,1H3/b16-14+. The van der Waals surface area contributed by atoms with Gasteiger partial charge < -0.3 is 5.21 Å². The molecule has 0 aliphatic carbocycles. The molecule has 0 radical (unpaired) electrons. The van der Waals surface area contributed by atoms with Gasteiger partial charge in [0, 0.05) is 38.0 Å². The Hall–Kier alpha value is -2.02. The van der Waals surface area contributed by atoms with E-state index in [2.05, 4.69) is 10.1 Å². The molecule has 0 aromatic heterocycles. The molecule has 1 aromatic carbocycles. The summed E-state index contributed by atoms with van der Waals surface area (Å²) < 4.78 is 13.4. The Morgan fingerprint density at radius 2 is 2.29 bits per heavy atom. The quantitative estimate of drug-likeness (QED) is 0.526. The van der Waals surface area contributed by atoms with Gasteiger partial charge in [-0.15, -0.1) is 0 Å². The summed E-state index contributed by atoms with van der Waals surface area (Å²) in [6.07, 6.45) is 1.52. The van der Waals surface area contributed by atoms with Crippen LogP contribution in [0.2, 0.25) is 0 Å². The van der Waals surface area contributed by atoms with Gasteiger partial charge in [-0.25, -0.2) is 4.39 Å². The first kappa shape index (κ1) is 15.4. The lowest BCUT2D eigenvalue weighted by molar-refractivity contribution is -0.385. The Morgan fingerprint density at radius 3 is 2.90 bits per heavy atom. The average Bonchev–Trinajstić information content (AvgIpc) is 2.46. The molecular weight excluding hydrogens is 277 g/mol. The molecule has 21 heavy (non-hydrogen) atoms. The second-order valence-electron chi connectivity index (χ2n) is 5.26. The SMILES string of the molecule is CCC1CN(Cc2cc(F)cc([N+](=O)[O-])c2)CC/C1=N\O. The van der Waals surface area contributed by atoms with Crippen molar-refractivity contribution >= 4 is 11.4 Å². The highest BCUT2D eigenvalue weighted by molar-refractivity contribution is 5.87. The second-order valence-corrected chi connectivity index (χ2v) is 5.26. The molecule has 1 aliphatic rings. The number of nitro benzene ring substituents is 1. The number of non-ortho nitro benzene ring substituents is 1. The molecule has 7 heteroatoms. The maximum atomic E-state index is 13.4. The molecular formula is C14H18FN3O3. The molecule has 1 atom stereocenters. The molecule has 2 rings (SSSR count). The van der Waals surface area contributed by atoms with Gasteiger partial charge in [-0.3, -0.25) is 15.0 Å². The molecule has 1 unspecified atom stereocenters. The fraction of sp³-hybridized carbons (Fsp3) is 0.500. The summed E-state index contributed by atoms with van der Waals surface area (Å²) >= 11 is 0. The number of nitro groups is 1. The van der Waals surface area contributed by atoms with Gasteiger partial charge in [0.25, 0.3) is 5.69 Å². The van der Waals surface area contributed by atoms with Crippen LogP contribution in [0, 0.1) is 21.8 Å². The highest BCUT2D eigenvalue weighted by Crippen LogP contribution is 2.22. The van der Waals surface area contributed by atoms with E-state index in [0.29, 0.717) is 31.6 Å². The van der Waals surface area contributed by atoms with E-state index in [4.69, 9.17) is 5.21 Å². The van der Waals surface area contributed by atoms with E-state index in [-0.39, 0.29) is 11.6 Å². The number of hydrogen-bond donors (Lipinski definition) is 1. The van der Waals surface area contributed by atoms with Crippen molar-refractivity contribution in [1.29, 1.82) is 0 Å². The first-order chi connectivity index (χ1) is 10.0. The van der Waals surface area contributed by atoms with Crippen molar-refractivity contribution < 1.29 is 14.5 Å². The molecule has 0 amide bonds. The number of piperidine rings is 1. The number of nitrogens with zero attached hydrogens (tertiary/aromatic N) is 3. The molecule has 0 saturated carbocycles. The molecule has 0 spiro atoms. The highest BCUT2D eigenvalue weighted by atomic mass is 19.1.